The molecule has 0 unspecified atom stereocenters. The highest BCUT2D eigenvalue weighted by atomic mass is 16.2. The molecule has 0 saturated carbocycles. The van der Waals surface area contributed by atoms with Gasteiger partial charge >= 0.3 is 0 Å². The summed E-state index contributed by atoms with van der Waals surface area (Å²) < 4.78 is 1.63. The summed E-state index contributed by atoms with van der Waals surface area (Å²) in [5.41, 5.74) is 14.6. The summed E-state index contributed by atoms with van der Waals surface area (Å²) in [4.78, 5) is 25.8. The van der Waals surface area contributed by atoms with E-state index in [1.165, 1.54) is 6.07 Å². The second kappa shape index (κ2) is 5.22. The molecule has 6 heteroatoms. The molecule has 0 aliphatic carbocycles. The van der Waals surface area contributed by atoms with E-state index in [0.717, 1.165) is 24.1 Å². The van der Waals surface area contributed by atoms with Gasteiger partial charge in [0.05, 0.1) is 5.56 Å². The highest BCUT2D eigenvalue weighted by molar-refractivity contribution is 6.07. The van der Waals surface area contributed by atoms with Crippen molar-refractivity contribution in [1.82, 2.24) is 4.57 Å². The molecule has 2 amide bonds. The number of fused-ring (bicyclic) bond motifs is 1. The molecule has 0 atom stereocenters. The molecule has 22 heavy (non-hydrogen) atoms. The second-order valence-electron chi connectivity index (χ2n) is 5.49. The van der Waals surface area contributed by atoms with Gasteiger partial charge in [-0.05, 0) is 36.6 Å². The van der Waals surface area contributed by atoms with Crippen molar-refractivity contribution in [3.05, 3.63) is 47.3 Å². The lowest BCUT2D eigenvalue weighted by Gasteiger charge is -2.30. The van der Waals surface area contributed by atoms with Gasteiger partial charge in [0.1, 0.15) is 5.69 Å². The van der Waals surface area contributed by atoms with E-state index >= 15 is 0 Å². The van der Waals surface area contributed by atoms with Crippen LogP contribution in [0.3, 0.4) is 0 Å². The van der Waals surface area contributed by atoms with E-state index in [0.29, 0.717) is 23.5 Å². The number of aromatic nitrogens is 1. The van der Waals surface area contributed by atoms with Gasteiger partial charge in [-0.3, -0.25) is 9.59 Å². The van der Waals surface area contributed by atoms with Crippen LogP contribution in [0.4, 0.5) is 11.4 Å². The van der Waals surface area contributed by atoms with Crippen molar-refractivity contribution in [3.63, 3.8) is 0 Å². The summed E-state index contributed by atoms with van der Waals surface area (Å²) >= 11 is 0. The Kier molecular flexibility index (Phi) is 3.36. The van der Waals surface area contributed by atoms with Gasteiger partial charge in [0.2, 0.25) is 5.91 Å². The number of rotatable bonds is 2. The van der Waals surface area contributed by atoms with E-state index in [1.54, 1.807) is 22.7 Å². The molecule has 0 spiro atoms. The summed E-state index contributed by atoms with van der Waals surface area (Å²) in [5, 5.41) is 0. The summed E-state index contributed by atoms with van der Waals surface area (Å²) in [6.45, 7) is 0.631. The number of nitrogen functional groups attached to an aromatic ring is 1. The van der Waals surface area contributed by atoms with Gasteiger partial charge in [-0.2, -0.15) is 0 Å². The van der Waals surface area contributed by atoms with Crippen LogP contribution in [-0.2, 0) is 13.5 Å². The Hall–Kier alpha value is -2.76. The van der Waals surface area contributed by atoms with Crippen LogP contribution in [0.2, 0.25) is 0 Å². The number of hydrogen-bond acceptors (Lipinski definition) is 3. The Morgan fingerprint density at radius 1 is 1.27 bits per heavy atom. The van der Waals surface area contributed by atoms with Crippen LogP contribution < -0.4 is 16.4 Å². The zero-order chi connectivity index (χ0) is 15.9. The van der Waals surface area contributed by atoms with E-state index in [2.05, 4.69) is 0 Å². The number of amides is 2. The first-order chi connectivity index (χ1) is 10.5. The number of nitrogens with zero attached hydrogens (tertiary/aromatic N) is 2. The molecular formula is C16H18N4O2. The number of aryl methyl sites for hydroxylation is 1. The summed E-state index contributed by atoms with van der Waals surface area (Å²) in [6, 6.07) is 7.13. The lowest BCUT2D eigenvalue weighted by molar-refractivity contribution is 0.0976. The molecule has 0 bridgehead atoms. The first-order valence-corrected chi connectivity index (χ1v) is 7.14. The average Bonchev–Trinajstić information content (AvgIpc) is 2.89. The lowest BCUT2D eigenvalue weighted by Crippen LogP contribution is -2.36. The molecule has 3 rings (SSSR count). The quantitative estimate of drug-likeness (QED) is 0.818. The van der Waals surface area contributed by atoms with Crippen LogP contribution in [0.15, 0.2) is 30.5 Å². The fourth-order valence-corrected chi connectivity index (χ4v) is 2.91. The molecule has 1 aliphatic heterocycles. The van der Waals surface area contributed by atoms with Gasteiger partial charge in [0.15, 0.2) is 0 Å². The van der Waals surface area contributed by atoms with Gasteiger partial charge in [0.25, 0.3) is 5.91 Å². The smallest absolute Gasteiger partial charge is 0.274 e. The molecule has 0 fully saturated rings. The van der Waals surface area contributed by atoms with Crippen molar-refractivity contribution >= 4 is 23.2 Å². The minimum atomic E-state index is -0.544. The average molecular weight is 298 g/mol. The molecule has 6 nitrogen and oxygen atoms in total. The van der Waals surface area contributed by atoms with Crippen molar-refractivity contribution in [2.24, 2.45) is 12.8 Å². The molecule has 114 valence electrons. The van der Waals surface area contributed by atoms with Crippen LogP contribution in [0.5, 0.6) is 0 Å². The van der Waals surface area contributed by atoms with Crippen LogP contribution >= 0.6 is 0 Å². The number of carbonyl (C=O) groups excluding carboxylic acids is 2. The van der Waals surface area contributed by atoms with E-state index in [1.807, 2.05) is 18.2 Å². The standard InChI is InChI=1S/C16H18N4O2/c1-19-9-10(15(18)21)8-14(19)16(22)20-7-3-4-11-12(17)5-2-6-13(11)20/h2,5-6,8-9H,3-4,7,17H2,1H3,(H2,18,21). The highest BCUT2D eigenvalue weighted by Crippen LogP contribution is 2.32. The van der Waals surface area contributed by atoms with Gasteiger partial charge in [-0.15, -0.1) is 0 Å². The monoisotopic (exact) mass is 298 g/mol. The van der Waals surface area contributed by atoms with Gasteiger partial charge < -0.3 is 20.9 Å². The van der Waals surface area contributed by atoms with Crippen LogP contribution in [0, 0.1) is 0 Å². The third-order valence-corrected chi connectivity index (χ3v) is 4.04. The Labute approximate surface area is 128 Å². The Morgan fingerprint density at radius 3 is 2.73 bits per heavy atom. The SMILES string of the molecule is Cn1cc(C(N)=O)cc1C(=O)N1CCCc2c(N)cccc21. The maximum atomic E-state index is 12.8. The van der Waals surface area contributed by atoms with Crippen molar-refractivity contribution in [3.8, 4) is 0 Å². The van der Waals surface area contributed by atoms with E-state index in [4.69, 9.17) is 11.5 Å². The number of anilines is 2. The highest BCUT2D eigenvalue weighted by Gasteiger charge is 2.26. The number of benzene rings is 1. The van der Waals surface area contributed by atoms with Gasteiger partial charge in [-0.25, -0.2) is 0 Å². The van der Waals surface area contributed by atoms with Crippen LogP contribution in [0.1, 0.15) is 32.8 Å². The first kappa shape index (κ1) is 14.2. The fourth-order valence-electron chi connectivity index (χ4n) is 2.91. The fraction of sp³-hybridized carbons (Fsp3) is 0.250. The summed E-state index contributed by atoms with van der Waals surface area (Å²) in [7, 11) is 1.73. The molecule has 0 radical (unpaired) electrons. The zero-order valence-electron chi connectivity index (χ0n) is 12.4. The minimum absolute atomic E-state index is 0.151. The third-order valence-electron chi connectivity index (χ3n) is 4.04. The first-order valence-electron chi connectivity index (χ1n) is 7.14. The van der Waals surface area contributed by atoms with Crippen molar-refractivity contribution in [2.45, 2.75) is 12.8 Å². The normalized spacial score (nSPS) is 13.8. The van der Waals surface area contributed by atoms with Crippen LogP contribution in [-0.4, -0.2) is 22.9 Å². The zero-order valence-corrected chi connectivity index (χ0v) is 12.4. The van der Waals surface area contributed by atoms with Crippen molar-refractivity contribution in [1.29, 1.82) is 0 Å². The number of carbonyl (C=O) groups is 2. The predicted molar refractivity (Wildman–Crippen MR) is 84.8 cm³/mol. The van der Waals surface area contributed by atoms with Crippen molar-refractivity contribution in [2.75, 3.05) is 17.2 Å². The number of primary amides is 1. The van der Waals surface area contributed by atoms with Crippen molar-refractivity contribution < 1.29 is 9.59 Å². The predicted octanol–water partition coefficient (Wildman–Crippen LogP) is 1.30. The van der Waals surface area contributed by atoms with Gasteiger partial charge in [0, 0.05) is 31.2 Å². The Bertz CT molecular complexity index is 764. The maximum Gasteiger partial charge on any atom is 0.274 e. The largest absolute Gasteiger partial charge is 0.398 e. The summed E-state index contributed by atoms with van der Waals surface area (Å²) in [6.07, 6.45) is 3.30. The van der Waals surface area contributed by atoms with E-state index < -0.39 is 5.91 Å². The lowest BCUT2D eigenvalue weighted by atomic mass is 9.99. The van der Waals surface area contributed by atoms with E-state index in [-0.39, 0.29) is 5.91 Å². The van der Waals surface area contributed by atoms with E-state index in [9.17, 15) is 9.59 Å². The minimum Gasteiger partial charge on any atom is -0.398 e. The number of nitrogens with two attached hydrogens (primary N) is 2. The third kappa shape index (κ3) is 2.22. The molecule has 4 N–H and O–H groups in total. The molecule has 2 aromatic rings. The van der Waals surface area contributed by atoms with Gasteiger partial charge in [-0.1, -0.05) is 6.07 Å². The molecular weight excluding hydrogens is 280 g/mol. The topological polar surface area (TPSA) is 94.3 Å². The molecule has 0 saturated heterocycles. The van der Waals surface area contributed by atoms with Crippen LogP contribution in [0.25, 0.3) is 0 Å². The number of hydrogen-bond donors (Lipinski definition) is 2. The Balaban J connectivity index is 2.01. The molecule has 1 aliphatic rings. The molecule has 2 heterocycles. The maximum absolute atomic E-state index is 12.8. The molecule has 1 aromatic heterocycles. The Morgan fingerprint density at radius 2 is 2.05 bits per heavy atom. The molecule has 1 aromatic carbocycles. The summed E-state index contributed by atoms with van der Waals surface area (Å²) in [5.74, 6) is -0.695. The second-order valence-corrected chi connectivity index (χ2v) is 5.49.